The van der Waals surface area contributed by atoms with Gasteiger partial charge in [-0.3, -0.25) is 4.90 Å². The lowest BCUT2D eigenvalue weighted by Gasteiger charge is -2.33. The molecule has 1 aromatic rings. The molecule has 3 rings (SSSR count). The van der Waals surface area contributed by atoms with Crippen LogP contribution in [0.25, 0.3) is 0 Å². The van der Waals surface area contributed by atoms with Crippen LogP contribution < -0.4 is 5.32 Å². The van der Waals surface area contributed by atoms with Gasteiger partial charge in [-0.15, -0.1) is 0 Å². The molecule has 2 fully saturated rings. The normalized spacial score (nSPS) is 25.6. The summed E-state index contributed by atoms with van der Waals surface area (Å²) < 4.78 is 0. The minimum Gasteiger partial charge on any atom is -0.508 e. The molecule has 1 atom stereocenters. The molecule has 0 spiro atoms. The number of nitrogens with zero attached hydrogens (tertiary/aromatic N) is 1. The average Bonchev–Trinajstić information content (AvgIpc) is 2.76. The van der Waals surface area contributed by atoms with Crippen LogP contribution in [0.4, 0.5) is 0 Å². The fraction of sp³-hybridized carbons (Fsp3) is 0.667. The zero-order chi connectivity index (χ0) is 14.5. The Hall–Kier alpha value is -1.06. The van der Waals surface area contributed by atoms with Crippen molar-refractivity contribution in [3.05, 3.63) is 29.8 Å². The van der Waals surface area contributed by atoms with E-state index in [1.165, 1.54) is 57.2 Å². The van der Waals surface area contributed by atoms with Crippen molar-refractivity contribution in [3.63, 3.8) is 0 Å². The molecular formula is C18H28N2O. The fourth-order valence-corrected chi connectivity index (χ4v) is 3.88. The van der Waals surface area contributed by atoms with E-state index in [-0.39, 0.29) is 0 Å². The molecule has 1 heterocycles. The number of phenols is 1. The van der Waals surface area contributed by atoms with Crippen LogP contribution in [0.2, 0.25) is 0 Å². The van der Waals surface area contributed by atoms with E-state index in [2.05, 4.69) is 10.2 Å². The molecule has 0 amide bonds. The summed E-state index contributed by atoms with van der Waals surface area (Å²) in [6.45, 7) is 4.51. The van der Waals surface area contributed by atoms with Gasteiger partial charge >= 0.3 is 0 Å². The molecule has 0 aromatic heterocycles. The zero-order valence-corrected chi connectivity index (χ0v) is 12.9. The molecule has 1 aromatic carbocycles. The summed E-state index contributed by atoms with van der Waals surface area (Å²) in [5, 5.41) is 13.2. The van der Waals surface area contributed by atoms with E-state index in [0.717, 1.165) is 19.0 Å². The SMILES string of the molecule is Oc1ccc(CN2CCCNC(C3CCCCC3)C2)cc1. The third-order valence-electron chi connectivity index (χ3n) is 5.07. The topological polar surface area (TPSA) is 35.5 Å². The van der Waals surface area contributed by atoms with E-state index in [9.17, 15) is 5.11 Å². The lowest BCUT2D eigenvalue weighted by atomic mass is 9.83. The van der Waals surface area contributed by atoms with Gasteiger partial charge in [-0.05, 0) is 56.0 Å². The maximum atomic E-state index is 9.40. The molecule has 0 bridgehead atoms. The molecule has 1 aliphatic carbocycles. The Bertz CT molecular complexity index is 425. The van der Waals surface area contributed by atoms with Crippen LogP contribution >= 0.6 is 0 Å². The highest BCUT2D eigenvalue weighted by molar-refractivity contribution is 5.25. The van der Waals surface area contributed by atoms with E-state index in [4.69, 9.17) is 0 Å². The summed E-state index contributed by atoms with van der Waals surface area (Å²) in [5.41, 5.74) is 1.30. The summed E-state index contributed by atoms with van der Waals surface area (Å²) in [7, 11) is 0. The minimum atomic E-state index is 0.358. The number of aromatic hydroxyl groups is 1. The van der Waals surface area contributed by atoms with Gasteiger partial charge in [0.15, 0.2) is 0 Å². The predicted octanol–water partition coefficient (Wildman–Crippen LogP) is 3.14. The smallest absolute Gasteiger partial charge is 0.115 e. The van der Waals surface area contributed by atoms with E-state index in [1.54, 1.807) is 12.1 Å². The van der Waals surface area contributed by atoms with Crippen LogP contribution in [-0.2, 0) is 6.54 Å². The Morgan fingerprint density at radius 1 is 1.05 bits per heavy atom. The summed E-state index contributed by atoms with van der Waals surface area (Å²) in [4.78, 5) is 2.59. The molecule has 116 valence electrons. The van der Waals surface area contributed by atoms with Gasteiger partial charge in [-0.1, -0.05) is 31.4 Å². The van der Waals surface area contributed by atoms with Crippen molar-refractivity contribution in [1.82, 2.24) is 10.2 Å². The van der Waals surface area contributed by atoms with Crippen LogP contribution in [0.3, 0.4) is 0 Å². The molecule has 2 aliphatic rings. The second-order valence-corrected chi connectivity index (χ2v) is 6.71. The van der Waals surface area contributed by atoms with Gasteiger partial charge in [0.2, 0.25) is 0 Å². The number of benzene rings is 1. The molecule has 2 N–H and O–H groups in total. The van der Waals surface area contributed by atoms with Gasteiger partial charge in [0.25, 0.3) is 0 Å². The zero-order valence-electron chi connectivity index (χ0n) is 12.9. The third-order valence-corrected chi connectivity index (χ3v) is 5.07. The first-order valence-electron chi connectivity index (χ1n) is 8.55. The second-order valence-electron chi connectivity index (χ2n) is 6.71. The maximum Gasteiger partial charge on any atom is 0.115 e. The number of nitrogens with one attached hydrogen (secondary N) is 1. The van der Waals surface area contributed by atoms with Crippen LogP contribution in [0, 0.1) is 5.92 Å². The third kappa shape index (κ3) is 4.21. The van der Waals surface area contributed by atoms with E-state index < -0.39 is 0 Å². The summed E-state index contributed by atoms with van der Waals surface area (Å²) in [6, 6.07) is 8.35. The summed E-state index contributed by atoms with van der Waals surface area (Å²) in [5.74, 6) is 1.23. The molecule has 1 unspecified atom stereocenters. The Labute approximate surface area is 128 Å². The fourth-order valence-electron chi connectivity index (χ4n) is 3.88. The predicted molar refractivity (Wildman–Crippen MR) is 86.4 cm³/mol. The van der Waals surface area contributed by atoms with Crippen molar-refractivity contribution in [1.29, 1.82) is 0 Å². The lowest BCUT2D eigenvalue weighted by Crippen LogP contribution is -2.43. The van der Waals surface area contributed by atoms with Gasteiger partial charge in [0, 0.05) is 19.1 Å². The second kappa shape index (κ2) is 7.28. The van der Waals surface area contributed by atoms with Crippen LogP contribution in [0.5, 0.6) is 5.75 Å². The first-order chi connectivity index (χ1) is 10.3. The van der Waals surface area contributed by atoms with Crippen LogP contribution in [-0.4, -0.2) is 35.7 Å². The van der Waals surface area contributed by atoms with Crippen molar-refractivity contribution < 1.29 is 5.11 Å². The highest BCUT2D eigenvalue weighted by atomic mass is 16.3. The van der Waals surface area contributed by atoms with Crippen molar-refractivity contribution in [2.24, 2.45) is 5.92 Å². The van der Waals surface area contributed by atoms with E-state index in [0.29, 0.717) is 11.8 Å². The van der Waals surface area contributed by atoms with Gasteiger partial charge in [-0.2, -0.15) is 0 Å². The molecule has 1 saturated carbocycles. The quantitative estimate of drug-likeness (QED) is 0.897. The van der Waals surface area contributed by atoms with Gasteiger partial charge in [-0.25, -0.2) is 0 Å². The maximum absolute atomic E-state index is 9.40. The highest BCUT2D eigenvalue weighted by Gasteiger charge is 2.26. The Morgan fingerprint density at radius 2 is 1.81 bits per heavy atom. The van der Waals surface area contributed by atoms with Crippen molar-refractivity contribution in [2.75, 3.05) is 19.6 Å². The minimum absolute atomic E-state index is 0.358. The van der Waals surface area contributed by atoms with E-state index >= 15 is 0 Å². The van der Waals surface area contributed by atoms with Crippen molar-refractivity contribution in [2.45, 2.75) is 51.1 Å². The molecule has 3 nitrogen and oxygen atoms in total. The number of rotatable bonds is 3. The first-order valence-corrected chi connectivity index (χ1v) is 8.55. The van der Waals surface area contributed by atoms with Gasteiger partial charge < -0.3 is 10.4 Å². The van der Waals surface area contributed by atoms with Gasteiger partial charge in [0.1, 0.15) is 5.75 Å². The molecular weight excluding hydrogens is 260 g/mol. The molecule has 21 heavy (non-hydrogen) atoms. The summed E-state index contributed by atoms with van der Waals surface area (Å²) >= 11 is 0. The Morgan fingerprint density at radius 3 is 2.57 bits per heavy atom. The Kier molecular flexibility index (Phi) is 5.15. The van der Waals surface area contributed by atoms with Crippen molar-refractivity contribution >= 4 is 0 Å². The lowest BCUT2D eigenvalue weighted by molar-refractivity contribution is 0.201. The van der Waals surface area contributed by atoms with Crippen LogP contribution in [0.15, 0.2) is 24.3 Å². The summed E-state index contributed by atoms with van der Waals surface area (Å²) in [6.07, 6.45) is 8.32. The van der Waals surface area contributed by atoms with Crippen molar-refractivity contribution in [3.8, 4) is 5.75 Å². The van der Waals surface area contributed by atoms with E-state index in [1.807, 2.05) is 12.1 Å². The number of phenolic OH excluding ortho intramolecular Hbond substituents is 1. The molecule has 0 radical (unpaired) electrons. The number of hydrogen-bond acceptors (Lipinski definition) is 3. The standard InChI is InChI=1S/C18H28N2O/c21-17-9-7-15(8-10-17)13-20-12-4-11-19-18(14-20)16-5-2-1-3-6-16/h7-10,16,18-19,21H,1-6,11-14H2. The monoisotopic (exact) mass is 288 g/mol. The highest BCUT2D eigenvalue weighted by Crippen LogP contribution is 2.28. The first kappa shape index (κ1) is 14.9. The van der Waals surface area contributed by atoms with Crippen LogP contribution in [0.1, 0.15) is 44.1 Å². The molecule has 1 saturated heterocycles. The number of hydrogen-bond donors (Lipinski definition) is 2. The Balaban J connectivity index is 1.60. The molecule has 3 heteroatoms. The van der Waals surface area contributed by atoms with Gasteiger partial charge in [0.05, 0.1) is 0 Å². The molecule has 1 aliphatic heterocycles. The largest absolute Gasteiger partial charge is 0.508 e. The average molecular weight is 288 g/mol.